The van der Waals surface area contributed by atoms with Gasteiger partial charge in [0.1, 0.15) is 5.82 Å². The van der Waals surface area contributed by atoms with E-state index in [9.17, 15) is 14.0 Å². The fourth-order valence-electron chi connectivity index (χ4n) is 3.74. The molecule has 26 heavy (non-hydrogen) atoms. The number of likely N-dealkylation sites (N-methyl/N-ethyl adjacent to an activating group) is 1. The van der Waals surface area contributed by atoms with Crippen molar-refractivity contribution < 1.29 is 14.0 Å². The predicted molar refractivity (Wildman–Crippen MR) is 97.4 cm³/mol. The summed E-state index contributed by atoms with van der Waals surface area (Å²) in [5.41, 5.74) is 1.09. The molecule has 2 aliphatic rings. The second-order valence-electron chi connectivity index (χ2n) is 7.16. The maximum atomic E-state index is 13.1. The van der Waals surface area contributed by atoms with Crippen LogP contribution in [0.5, 0.6) is 0 Å². The van der Waals surface area contributed by atoms with Crippen molar-refractivity contribution in [1.82, 2.24) is 20.4 Å². The second-order valence-corrected chi connectivity index (χ2v) is 7.16. The molecule has 2 aliphatic heterocycles. The van der Waals surface area contributed by atoms with Crippen LogP contribution in [0.25, 0.3) is 0 Å². The van der Waals surface area contributed by atoms with Gasteiger partial charge in [0.2, 0.25) is 5.91 Å². The molecule has 6 nitrogen and oxygen atoms in total. The molecule has 0 bridgehead atoms. The summed E-state index contributed by atoms with van der Waals surface area (Å²) >= 11 is 0. The van der Waals surface area contributed by atoms with Crippen molar-refractivity contribution in [2.24, 2.45) is 0 Å². The first-order chi connectivity index (χ1) is 12.5. The van der Waals surface area contributed by atoms with Crippen LogP contribution >= 0.6 is 0 Å². The number of hydrogen-bond acceptors (Lipinski definition) is 3. The number of piperidine rings is 1. The standard InChI is InChI=1S/C19H27FN4O2/c1-21-18(25)13-23-9-7-17(8-10-23)22-19(26)24-11-6-15(12-24)14-2-4-16(20)5-3-14/h2-5,15,17H,6-13H2,1H3,(H,21,25)(H,22,26). The van der Waals surface area contributed by atoms with Crippen molar-refractivity contribution in [3.05, 3.63) is 35.6 Å². The molecule has 142 valence electrons. The highest BCUT2D eigenvalue weighted by atomic mass is 19.1. The molecule has 0 saturated carbocycles. The summed E-state index contributed by atoms with van der Waals surface area (Å²) in [7, 11) is 1.64. The number of benzene rings is 1. The summed E-state index contributed by atoms with van der Waals surface area (Å²) in [6.45, 7) is 3.45. The molecule has 1 unspecified atom stereocenters. The van der Waals surface area contributed by atoms with E-state index in [4.69, 9.17) is 0 Å². The zero-order valence-electron chi connectivity index (χ0n) is 15.2. The fraction of sp³-hybridized carbons (Fsp3) is 0.579. The van der Waals surface area contributed by atoms with E-state index in [2.05, 4.69) is 15.5 Å². The predicted octanol–water partition coefficient (Wildman–Crippen LogP) is 1.53. The lowest BCUT2D eigenvalue weighted by atomic mass is 9.99. The lowest BCUT2D eigenvalue weighted by molar-refractivity contribution is -0.122. The van der Waals surface area contributed by atoms with Gasteiger partial charge in [-0.15, -0.1) is 0 Å². The van der Waals surface area contributed by atoms with Crippen LogP contribution in [0, 0.1) is 5.82 Å². The Hall–Kier alpha value is -2.15. The van der Waals surface area contributed by atoms with Gasteiger partial charge >= 0.3 is 6.03 Å². The fourth-order valence-corrected chi connectivity index (χ4v) is 3.74. The maximum absolute atomic E-state index is 13.1. The van der Waals surface area contributed by atoms with Gasteiger partial charge in [0.25, 0.3) is 0 Å². The lowest BCUT2D eigenvalue weighted by Crippen LogP contribution is -2.50. The first-order valence-corrected chi connectivity index (χ1v) is 9.29. The van der Waals surface area contributed by atoms with Crippen LogP contribution in [-0.2, 0) is 4.79 Å². The van der Waals surface area contributed by atoms with E-state index in [1.807, 2.05) is 17.0 Å². The number of urea groups is 1. The van der Waals surface area contributed by atoms with Crippen LogP contribution < -0.4 is 10.6 Å². The number of halogens is 1. The SMILES string of the molecule is CNC(=O)CN1CCC(NC(=O)N2CCC(c3ccc(F)cc3)C2)CC1. The van der Waals surface area contributed by atoms with E-state index >= 15 is 0 Å². The number of likely N-dealkylation sites (tertiary alicyclic amines) is 2. The largest absolute Gasteiger partial charge is 0.358 e. The zero-order valence-corrected chi connectivity index (χ0v) is 15.2. The molecule has 3 amide bonds. The van der Waals surface area contributed by atoms with E-state index in [1.54, 1.807) is 7.05 Å². The third-order valence-corrected chi connectivity index (χ3v) is 5.38. The molecule has 2 saturated heterocycles. The minimum Gasteiger partial charge on any atom is -0.358 e. The van der Waals surface area contributed by atoms with Gasteiger partial charge in [-0.25, -0.2) is 9.18 Å². The van der Waals surface area contributed by atoms with Gasteiger partial charge in [0.05, 0.1) is 6.54 Å². The summed E-state index contributed by atoms with van der Waals surface area (Å²) in [4.78, 5) is 27.9. The van der Waals surface area contributed by atoms with Gasteiger partial charge in [-0.1, -0.05) is 12.1 Å². The highest BCUT2D eigenvalue weighted by molar-refractivity contribution is 5.77. The Morgan fingerprint density at radius 3 is 2.46 bits per heavy atom. The summed E-state index contributed by atoms with van der Waals surface area (Å²) in [5, 5.41) is 5.77. The number of rotatable bonds is 4. The molecule has 7 heteroatoms. The number of amides is 3. The first-order valence-electron chi connectivity index (χ1n) is 9.29. The van der Waals surface area contributed by atoms with E-state index in [0.717, 1.165) is 44.5 Å². The zero-order chi connectivity index (χ0) is 18.5. The second kappa shape index (κ2) is 8.49. The van der Waals surface area contributed by atoms with Crippen LogP contribution in [-0.4, -0.2) is 67.6 Å². The summed E-state index contributed by atoms with van der Waals surface area (Å²) in [6, 6.07) is 6.72. The third kappa shape index (κ3) is 4.72. The number of nitrogens with zero attached hydrogens (tertiary/aromatic N) is 2. The molecule has 1 aromatic carbocycles. The Labute approximate surface area is 153 Å². The van der Waals surface area contributed by atoms with Crippen molar-refractivity contribution in [2.75, 3.05) is 39.8 Å². The van der Waals surface area contributed by atoms with Gasteiger partial charge in [-0.3, -0.25) is 9.69 Å². The van der Waals surface area contributed by atoms with Crippen molar-refractivity contribution in [2.45, 2.75) is 31.2 Å². The molecule has 0 aliphatic carbocycles. The molecular formula is C19H27FN4O2. The van der Waals surface area contributed by atoms with Gasteiger partial charge < -0.3 is 15.5 Å². The molecule has 1 aromatic rings. The summed E-state index contributed by atoms with van der Waals surface area (Å²) < 4.78 is 13.1. The van der Waals surface area contributed by atoms with E-state index < -0.39 is 0 Å². The molecular weight excluding hydrogens is 335 g/mol. The van der Waals surface area contributed by atoms with Crippen LogP contribution in [0.15, 0.2) is 24.3 Å². The first kappa shape index (κ1) is 18.6. The Morgan fingerprint density at radius 2 is 1.81 bits per heavy atom. The number of carbonyl (C=O) groups is 2. The Balaban J connectivity index is 1.43. The van der Waals surface area contributed by atoms with Gasteiger partial charge in [0.15, 0.2) is 0 Å². The Kier molecular flexibility index (Phi) is 6.08. The monoisotopic (exact) mass is 362 g/mol. The number of carbonyl (C=O) groups excluding carboxylic acids is 2. The Morgan fingerprint density at radius 1 is 1.12 bits per heavy atom. The van der Waals surface area contributed by atoms with Gasteiger partial charge in [0, 0.05) is 45.2 Å². The average Bonchev–Trinajstić information content (AvgIpc) is 3.14. The minimum absolute atomic E-state index is 0.0145. The molecule has 1 atom stereocenters. The highest BCUT2D eigenvalue weighted by Crippen LogP contribution is 2.27. The minimum atomic E-state index is -0.232. The van der Waals surface area contributed by atoms with Crippen LogP contribution in [0.1, 0.15) is 30.7 Å². The quantitative estimate of drug-likeness (QED) is 0.854. The van der Waals surface area contributed by atoms with Gasteiger partial charge in [-0.05, 0) is 37.0 Å². The van der Waals surface area contributed by atoms with Crippen LogP contribution in [0.2, 0.25) is 0 Å². The summed E-state index contributed by atoms with van der Waals surface area (Å²) in [6.07, 6.45) is 2.62. The van der Waals surface area contributed by atoms with Crippen LogP contribution in [0.4, 0.5) is 9.18 Å². The van der Waals surface area contributed by atoms with Gasteiger partial charge in [-0.2, -0.15) is 0 Å². The van der Waals surface area contributed by atoms with Crippen molar-refractivity contribution >= 4 is 11.9 Å². The average molecular weight is 362 g/mol. The number of hydrogen-bond donors (Lipinski definition) is 2. The van der Waals surface area contributed by atoms with E-state index in [1.165, 1.54) is 12.1 Å². The van der Waals surface area contributed by atoms with Crippen molar-refractivity contribution in [3.63, 3.8) is 0 Å². The van der Waals surface area contributed by atoms with Crippen molar-refractivity contribution in [3.8, 4) is 0 Å². The Bertz CT molecular complexity index is 629. The molecule has 2 fully saturated rings. The third-order valence-electron chi connectivity index (χ3n) is 5.38. The lowest BCUT2D eigenvalue weighted by Gasteiger charge is -2.32. The van der Waals surface area contributed by atoms with E-state index in [-0.39, 0.29) is 29.7 Å². The molecule has 2 N–H and O–H groups in total. The molecule has 0 radical (unpaired) electrons. The van der Waals surface area contributed by atoms with Crippen molar-refractivity contribution in [1.29, 1.82) is 0 Å². The maximum Gasteiger partial charge on any atom is 0.317 e. The molecule has 2 heterocycles. The highest BCUT2D eigenvalue weighted by Gasteiger charge is 2.29. The smallest absolute Gasteiger partial charge is 0.317 e. The number of nitrogens with one attached hydrogen (secondary N) is 2. The summed E-state index contributed by atoms with van der Waals surface area (Å²) in [5.74, 6) is 0.0660. The van der Waals surface area contributed by atoms with Crippen LogP contribution in [0.3, 0.4) is 0 Å². The normalized spacial score (nSPS) is 21.6. The topological polar surface area (TPSA) is 64.7 Å². The van der Waals surface area contributed by atoms with E-state index in [0.29, 0.717) is 13.1 Å². The molecule has 0 spiro atoms. The molecule has 0 aromatic heterocycles. The molecule has 3 rings (SSSR count).